The Morgan fingerprint density at radius 3 is 1.97 bits per heavy atom. The molecule has 0 atom stereocenters. The van der Waals surface area contributed by atoms with Gasteiger partial charge in [0.25, 0.3) is 5.91 Å². The molecule has 2 N–H and O–H groups in total. The highest BCUT2D eigenvalue weighted by atomic mass is 16.5. The molecule has 170 valence electrons. The zero-order valence-electron chi connectivity index (χ0n) is 19.2. The average molecular weight is 446 g/mol. The third-order valence-corrected chi connectivity index (χ3v) is 4.76. The maximum atomic E-state index is 12.5. The maximum Gasteiger partial charge on any atom is 0.347 e. The number of esters is 1. The highest BCUT2D eigenvalue weighted by molar-refractivity contribution is 6.24. The minimum atomic E-state index is -0.963. The van der Waals surface area contributed by atoms with Gasteiger partial charge in [-0.15, -0.1) is 10.2 Å². The van der Waals surface area contributed by atoms with Crippen molar-refractivity contribution >= 4 is 23.3 Å². The van der Waals surface area contributed by atoms with Gasteiger partial charge in [0.2, 0.25) is 0 Å². The summed E-state index contributed by atoms with van der Waals surface area (Å²) in [6.45, 7) is 7.54. The molecule has 0 spiro atoms. The lowest BCUT2D eigenvalue weighted by Gasteiger charge is -2.19. The highest BCUT2D eigenvalue weighted by Crippen LogP contribution is 2.35. The van der Waals surface area contributed by atoms with Crippen LogP contribution in [0.4, 0.5) is 0 Å². The monoisotopic (exact) mass is 445 g/mol. The standard InChI is InChI=1S/C26H27N3O4/c1-5-32-25(31)21(24(27)30)23-19(16-20(33-23)26(2,3)4)28-29-22(17-12-8-6-9-13-17)18-14-10-7-11-15-18/h6-16H,5H2,1-4H3,(H2,27,30)/b23-21+,28-19-. The van der Waals surface area contributed by atoms with Crippen LogP contribution < -0.4 is 5.73 Å². The Labute approximate surface area is 193 Å². The summed E-state index contributed by atoms with van der Waals surface area (Å²) in [5.41, 5.74) is 7.25. The summed E-state index contributed by atoms with van der Waals surface area (Å²) in [5.74, 6) is -1.37. The van der Waals surface area contributed by atoms with E-state index in [2.05, 4.69) is 10.2 Å². The van der Waals surface area contributed by atoms with Crippen LogP contribution in [0.15, 0.2) is 94.0 Å². The normalized spacial score (nSPS) is 16.0. The van der Waals surface area contributed by atoms with E-state index in [9.17, 15) is 9.59 Å². The van der Waals surface area contributed by atoms with E-state index in [1.807, 2.05) is 81.4 Å². The molecule has 1 heterocycles. The molecule has 2 aromatic rings. The predicted molar refractivity (Wildman–Crippen MR) is 127 cm³/mol. The molecule has 0 saturated carbocycles. The van der Waals surface area contributed by atoms with Crippen LogP contribution in [0.25, 0.3) is 0 Å². The minimum absolute atomic E-state index is 0.0601. The zero-order chi connectivity index (χ0) is 24.0. The van der Waals surface area contributed by atoms with Crippen molar-refractivity contribution in [2.45, 2.75) is 27.7 Å². The molecule has 1 aliphatic heterocycles. The molecular formula is C26H27N3O4. The first-order valence-electron chi connectivity index (χ1n) is 10.6. The molecule has 0 bridgehead atoms. The average Bonchev–Trinajstić information content (AvgIpc) is 3.20. The van der Waals surface area contributed by atoms with Gasteiger partial charge in [0.1, 0.15) is 17.2 Å². The molecule has 0 radical (unpaired) electrons. The van der Waals surface area contributed by atoms with Crippen molar-refractivity contribution < 1.29 is 19.1 Å². The third kappa shape index (κ3) is 5.63. The molecular weight excluding hydrogens is 418 g/mol. The number of carbonyl (C=O) groups excluding carboxylic acids is 2. The first-order valence-corrected chi connectivity index (χ1v) is 10.6. The second-order valence-corrected chi connectivity index (χ2v) is 8.32. The number of amides is 1. The van der Waals surface area contributed by atoms with Crippen LogP contribution in [-0.2, 0) is 19.1 Å². The van der Waals surface area contributed by atoms with E-state index in [1.54, 1.807) is 13.0 Å². The second kappa shape index (κ2) is 10.1. The molecule has 0 saturated heterocycles. The van der Waals surface area contributed by atoms with Gasteiger partial charge in [-0.1, -0.05) is 81.4 Å². The fraction of sp³-hybridized carbons (Fsp3) is 0.231. The van der Waals surface area contributed by atoms with Crippen molar-refractivity contribution in [1.82, 2.24) is 0 Å². The van der Waals surface area contributed by atoms with E-state index in [0.29, 0.717) is 11.5 Å². The Morgan fingerprint density at radius 1 is 0.970 bits per heavy atom. The van der Waals surface area contributed by atoms with Crippen LogP contribution in [0, 0.1) is 5.41 Å². The van der Waals surface area contributed by atoms with E-state index in [0.717, 1.165) is 11.1 Å². The first kappa shape index (κ1) is 23.7. The Bertz CT molecular complexity index is 1110. The van der Waals surface area contributed by atoms with E-state index in [1.165, 1.54) is 0 Å². The number of hydrogen-bond donors (Lipinski definition) is 1. The van der Waals surface area contributed by atoms with E-state index in [4.69, 9.17) is 15.2 Å². The predicted octanol–water partition coefficient (Wildman–Crippen LogP) is 4.14. The van der Waals surface area contributed by atoms with E-state index < -0.39 is 22.9 Å². The van der Waals surface area contributed by atoms with Crippen molar-refractivity contribution in [3.05, 3.63) is 95.0 Å². The number of carbonyl (C=O) groups is 2. The van der Waals surface area contributed by atoms with Gasteiger partial charge >= 0.3 is 5.97 Å². The van der Waals surface area contributed by atoms with E-state index in [-0.39, 0.29) is 18.1 Å². The molecule has 0 unspecified atom stereocenters. The fourth-order valence-corrected chi connectivity index (χ4v) is 3.09. The topological polar surface area (TPSA) is 103 Å². The SMILES string of the molecule is CCOC(=O)/C(C(N)=O)=C1/OC(C(C)(C)C)=C/C1=N/N=C(c1ccccc1)c1ccccc1. The molecule has 3 rings (SSSR count). The lowest BCUT2D eigenvalue weighted by Crippen LogP contribution is -2.26. The van der Waals surface area contributed by atoms with Gasteiger partial charge in [0.15, 0.2) is 11.3 Å². The number of rotatable bonds is 6. The van der Waals surface area contributed by atoms with Crippen molar-refractivity contribution in [1.29, 1.82) is 0 Å². The Balaban J connectivity index is 2.21. The van der Waals surface area contributed by atoms with Crippen molar-refractivity contribution in [2.24, 2.45) is 21.4 Å². The summed E-state index contributed by atoms with van der Waals surface area (Å²) in [7, 11) is 0. The van der Waals surface area contributed by atoms with Crippen molar-refractivity contribution in [2.75, 3.05) is 6.61 Å². The van der Waals surface area contributed by atoms with E-state index >= 15 is 0 Å². The quantitative estimate of drug-likeness (QED) is 0.180. The summed E-state index contributed by atoms with van der Waals surface area (Å²) < 4.78 is 10.9. The molecule has 1 amide bonds. The van der Waals surface area contributed by atoms with Gasteiger partial charge in [-0.05, 0) is 6.92 Å². The molecule has 7 heteroatoms. The first-order chi connectivity index (χ1) is 15.7. The Hall–Kier alpha value is -4.00. The molecule has 0 fully saturated rings. The van der Waals surface area contributed by atoms with Gasteiger partial charge in [0.05, 0.1) is 6.61 Å². The third-order valence-electron chi connectivity index (χ3n) is 4.76. The number of hydrogen-bond acceptors (Lipinski definition) is 6. The van der Waals surface area contributed by atoms with Crippen LogP contribution in [0.2, 0.25) is 0 Å². The van der Waals surface area contributed by atoms with Crippen LogP contribution >= 0.6 is 0 Å². The van der Waals surface area contributed by atoms with Gasteiger partial charge < -0.3 is 15.2 Å². The van der Waals surface area contributed by atoms with Gasteiger partial charge in [-0.2, -0.15) is 0 Å². The lowest BCUT2D eigenvalue weighted by atomic mass is 9.94. The molecule has 7 nitrogen and oxygen atoms in total. The fourth-order valence-electron chi connectivity index (χ4n) is 3.09. The summed E-state index contributed by atoms with van der Waals surface area (Å²) in [6.07, 6.45) is 1.66. The van der Waals surface area contributed by atoms with Crippen LogP contribution in [-0.4, -0.2) is 29.9 Å². The lowest BCUT2D eigenvalue weighted by molar-refractivity contribution is -0.140. The number of benzene rings is 2. The van der Waals surface area contributed by atoms with Crippen molar-refractivity contribution in [3.8, 4) is 0 Å². The second-order valence-electron chi connectivity index (χ2n) is 8.32. The zero-order valence-corrected chi connectivity index (χ0v) is 19.2. The maximum absolute atomic E-state index is 12.5. The number of nitrogens with two attached hydrogens (primary N) is 1. The summed E-state index contributed by atoms with van der Waals surface area (Å²) in [6, 6.07) is 19.2. The van der Waals surface area contributed by atoms with Crippen LogP contribution in [0.5, 0.6) is 0 Å². The van der Waals surface area contributed by atoms with Gasteiger partial charge in [-0.25, -0.2) is 4.79 Å². The number of allylic oxidation sites excluding steroid dienone is 2. The Morgan fingerprint density at radius 2 is 1.52 bits per heavy atom. The number of nitrogens with zero attached hydrogens (tertiary/aromatic N) is 2. The number of primary amides is 1. The summed E-state index contributed by atoms with van der Waals surface area (Å²) in [4.78, 5) is 24.6. The van der Waals surface area contributed by atoms with Gasteiger partial charge in [-0.3, -0.25) is 4.79 Å². The molecule has 0 aromatic heterocycles. The molecule has 0 aliphatic carbocycles. The van der Waals surface area contributed by atoms with Crippen LogP contribution in [0.1, 0.15) is 38.8 Å². The summed E-state index contributed by atoms with van der Waals surface area (Å²) in [5, 5.41) is 8.90. The molecule has 2 aromatic carbocycles. The minimum Gasteiger partial charge on any atom is -0.462 e. The summed E-state index contributed by atoms with van der Waals surface area (Å²) >= 11 is 0. The highest BCUT2D eigenvalue weighted by Gasteiger charge is 2.35. The van der Waals surface area contributed by atoms with Gasteiger partial charge in [0, 0.05) is 22.6 Å². The largest absolute Gasteiger partial charge is 0.462 e. The van der Waals surface area contributed by atoms with Crippen molar-refractivity contribution in [3.63, 3.8) is 0 Å². The molecule has 33 heavy (non-hydrogen) atoms. The smallest absolute Gasteiger partial charge is 0.347 e. The Kier molecular flexibility index (Phi) is 7.23. The van der Waals surface area contributed by atoms with Crippen LogP contribution in [0.3, 0.4) is 0 Å². The number of ether oxygens (including phenoxy) is 2. The molecule has 1 aliphatic rings.